The first-order valence-corrected chi connectivity index (χ1v) is 6.48. The third-order valence-electron chi connectivity index (χ3n) is 4.15. The Hall–Kier alpha value is -1.05. The summed E-state index contributed by atoms with van der Waals surface area (Å²) in [5.41, 5.74) is 0.724. The van der Waals surface area contributed by atoms with Gasteiger partial charge in [0.1, 0.15) is 11.9 Å². The zero-order chi connectivity index (χ0) is 12.3. The van der Waals surface area contributed by atoms with Gasteiger partial charge in [-0.05, 0) is 25.8 Å². The summed E-state index contributed by atoms with van der Waals surface area (Å²) >= 11 is 0. The standard InChI is InChI=1S/C15H21FO/c1-12(16)15(10-6-3-7-11-15)13-8-4-5-9-14(13)17-2/h4-5,8-9,12H,3,6-7,10-11H2,1-2H3. The molecule has 1 fully saturated rings. The van der Waals surface area contributed by atoms with Gasteiger partial charge in [0.05, 0.1) is 7.11 Å². The maximum Gasteiger partial charge on any atom is 0.122 e. The van der Waals surface area contributed by atoms with Crippen molar-refractivity contribution in [2.45, 2.75) is 50.6 Å². The van der Waals surface area contributed by atoms with Crippen molar-refractivity contribution in [3.05, 3.63) is 29.8 Å². The summed E-state index contributed by atoms with van der Waals surface area (Å²) in [6.45, 7) is 1.69. The number of rotatable bonds is 3. The predicted molar refractivity (Wildman–Crippen MR) is 68.3 cm³/mol. The predicted octanol–water partition coefficient (Wildman–Crippen LogP) is 4.26. The topological polar surface area (TPSA) is 9.23 Å². The molecule has 2 heteroatoms. The Morgan fingerprint density at radius 3 is 2.41 bits per heavy atom. The molecule has 1 atom stereocenters. The van der Waals surface area contributed by atoms with E-state index in [1.807, 2.05) is 24.3 Å². The number of hydrogen-bond donors (Lipinski definition) is 0. The second-order valence-electron chi connectivity index (χ2n) is 5.03. The minimum Gasteiger partial charge on any atom is -0.496 e. The third-order valence-corrected chi connectivity index (χ3v) is 4.15. The molecule has 0 bridgehead atoms. The average molecular weight is 236 g/mol. The first kappa shape index (κ1) is 12.4. The molecule has 0 N–H and O–H groups in total. The summed E-state index contributed by atoms with van der Waals surface area (Å²) in [7, 11) is 1.66. The van der Waals surface area contributed by atoms with Gasteiger partial charge in [-0.25, -0.2) is 4.39 Å². The van der Waals surface area contributed by atoms with Crippen LogP contribution in [0.15, 0.2) is 24.3 Å². The smallest absolute Gasteiger partial charge is 0.122 e. The van der Waals surface area contributed by atoms with Gasteiger partial charge in [-0.1, -0.05) is 37.5 Å². The van der Waals surface area contributed by atoms with E-state index in [0.29, 0.717) is 0 Å². The van der Waals surface area contributed by atoms with Gasteiger partial charge >= 0.3 is 0 Å². The summed E-state index contributed by atoms with van der Waals surface area (Å²) in [5, 5.41) is 0. The van der Waals surface area contributed by atoms with Crippen molar-refractivity contribution in [2.75, 3.05) is 7.11 Å². The highest BCUT2D eigenvalue weighted by Gasteiger charge is 2.41. The van der Waals surface area contributed by atoms with Crippen molar-refractivity contribution in [1.29, 1.82) is 0 Å². The Labute approximate surface area is 103 Å². The average Bonchev–Trinajstić information content (AvgIpc) is 2.39. The van der Waals surface area contributed by atoms with Crippen LogP contribution in [0.2, 0.25) is 0 Å². The molecule has 0 spiro atoms. The van der Waals surface area contributed by atoms with E-state index >= 15 is 0 Å². The molecule has 0 heterocycles. The normalized spacial score (nSPS) is 20.9. The van der Waals surface area contributed by atoms with Gasteiger partial charge in [0.25, 0.3) is 0 Å². The minimum atomic E-state index is -0.820. The molecule has 0 saturated heterocycles. The number of alkyl halides is 1. The molecule has 1 aromatic carbocycles. The molecule has 0 aromatic heterocycles. The lowest BCUT2D eigenvalue weighted by molar-refractivity contribution is 0.147. The second kappa shape index (κ2) is 5.07. The minimum absolute atomic E-state index is 0.329. The van der Waals surface area contributed by atoms with Crippen LogP contribution >= 0.6 is 0 Å². The van der Waals surface area contributed by atoms with Crippen LogP contribution < -0.4 is 4.74 Å². The zero-order valence-corrected chi connectivity index (χ0v) is 10.7. The fraction of sp³-hybridized carbons (Fsp3) is 0.600. The van der Waals surface area contributed by atoms with Crippen LogP contribution in [-0.2, 0) is 5.41 Å². The summed E-state index contributed by atoms with van der Waals surface area (Å²) in [4.78, 5) is 0. The van der Waals surface area contributed by atoms with Crippen molar-refractivity contribution in [3.63, 3.8) is 0 Å². The fourth-order valence-electron chi connectivity index (χ4n) is 3.12. The van der Waals surface area contributed by atoms with Crippen molar-refractivity contribution in [1.82, 2.24) is 0 Å². The van der Waals surface area contributed by atoms with E-state index < -0.39 is 6.17 Å². The Morgan fingerprint density at radius 2 is 1.82 bits per heavy atom. The molecule has 94 valence electrons. The number of hydrogen-bond acceptors (Lipinski definition) is 1. The van der Waals surface area contributed by atoms with Crippen LogP contribution in [-0.4, -0.2) is 13.3 Å². The lowest BCUT2D eigenvalue weighted by Gasteiger charge is -2.40. The Balaban J connectivity index is 2.44. The molecule has 17 heavy (non-hydrogen) atoms. The Morgan fingerprint density at radius 1 is 1.18 bits per heavy atom. The van der Waals surface area contributed by atoms with E-state index in [0.717, 1.165) is 37.0 Å². The van der Waals surface area contributed by atoms with Crippen molar-refractivity contribution >= 4 is 0 Å². The lowest BCUT2D eigenvalue weighted by Crippen LogP contribution is -2.37. The van der Waals surface area contributed by atoms with Crippen LogP contribution in [0.5, 0.6) is 5.75 Å². The van der Waals surface area contributed by atoms with E-state index in [-0.39, 0.29) is 5.41 Å². The first-order chi connectivity index (χ1) is 8.20. The summed E-state index contributed by atoms with van der Waals surface area (Å²) in [6.07, 6.45) is 4.51. The number of benzene rings is 1. The van der Waals surface area contributed by atoms with Gasteiger partial charge in [0.2, 0.25) is 0 Å². The van der Waals surface area contributed by atoms with Crippen LogP contribution in [0, 0.1) is 0 Å². The van der Waals surface area contributed by atoms with Crippen molar-refractivity contribution in [2.24, 2.45) is 0 Å². The molecule has 0 aliphatic heterocycles. The number of ether oxygens (including phenoxy) is 1. The molecule has 1 aliphatic rings. The molecule has 1 aromatic rings. The van der Waals surface area contributed by atoms with Crippen molar-refractivity contribution < 1.29 is 9.13 Å². The molecule has 1 nitrogen and oxygen atoms in total. The molecular weight excluding hydrogens is 215 g/mol. The van der Waals surface area contributed by atoms with Gasteiger partial charge in [0.15, 0.2) is 0 Å². The van der Waals surface area contributed by atoms with Gasteiger partial charge in [-0.15, -0.1) is 0 Å². The van der Waals surface area contributed by atoms with Crippen molar-refractivity contribution in [3.8, 4) is 5.75 Å². The summed E-state index contributed by atoms with van der Waals surface area (Å²) < 4.78 is 19.6. The maximum atomic E-state index is 14.2. The van der Waals surface area contributed by atoms with E-state index in [9.17, 15) is 4.39 Å². The van der Waals surface area contributed by atoms with E-state index in [1.165, 1.54) is 6.42 Å². The van der Waals surface area contributed by atoms with E-state index in [2.05, 4.69) is 0 Å². The van der Waals surface area contributed by atoms with Gasteiger partial charge in [-0.2, -0.15) is 0 Å². The Bertz CT molecular complexity index is 367. The maximum absolute atomic E-state index is 14.2. The summed E-state index contributed by atoms with van der Waals surface area (Å²) in [6, 6.07) is 7.90. The molecule has 1 saturated carbocycles. The summed E-state index contributed by atoms with van der Waals surface area (Å²) in [5.74, 6) is 0.832. The number of para-hydroxylation sites is 1. The largest absolute Gasteiger partial charge is 0.496 e. The first-order valence-electron chi connectivity index (χ1n) is 6.48. The highest BCUT2D eigenvalue weighted by Crippen LogP contribution is 2.46. The molecule has 1 aliphatic carbocycles. The van der Waals surface area contributed by atoms with Crippen LogP contribution in [0.25, 0.3) is 0 Å². The highest BCUT2D eigenvalue weighted by atomic mass is 19.1. The molecule has 0 amide bonds. The van der Waals surface area contributed by atoms with Gasteiger partial charge < -0.3 is 4.74 Å². The number of halogens is 1. The molecule has 0 radical (unpaired) electrons. The molecule has 1 unspecified atom stereocenters. The van der Waals surface area contributed by atoms with E-state index in [1.54, 1.807) is 14.0 Å². The SMILES string of the molecule is COc1ccccc1C1(C(C)F)CCCCC1. The van der Waals surface area contributed by atoms with Crippen LogP contribution in [0.3, 0.4) is 0 Å². The van der Waals surface area contributed by atoms with Crippen LogP contribution in [0.1, 0.15) is 44.6 Å². The monoisotopic (exact) mass is 236 g/mol. The quantitative estimate of drug-likeness (QED) is 0.762. The fourth-order valence-corrected chi connectivity index (χ4v) is 3.12. The van der Waals surface area contributed by atoms with Gasteiger partial charge in [-0.3, -0.25) is 0 Å². The van der Waals surface area contributed by atoms with Gasteiger partial charge in [0, 0.05) is 11.0 Å². The number of methoxy groups -OCH3 is 1. The molecule has 2 rings (SSSR count). The second-order valence-corrected chi connectivity index (χ2v) is 5.03. The highest BCUT2D eigenvalue weighted by molar-refractivity contribution is 5.41. The molecular formula is C15H21FO. The zero-order valence-electron chi connectivity index (χ0n) is 10.7. The van der Waals surface area contributed by atoms with E-state index in [4.69, 9.17) is 4.74 Å². The van der Waals surface area contributed by atoms with Crippen LogP contribution in [0.4, 0.5) is 4.39 Å². The third kappa shape index (κ3) is 2.18. The lowest BCUT2D eigenvalue weighted by atomic mass is 9.66. The Kier molecular flexibility index (Phi) is 3.70.